The van der Waals surface area contributed by atoms with Crippen LogP contribution in [0.5, 0.6) is 0 Å². The van der Waals surface area contributed by atoms with Crippen LogP contribution in [0.3, 0.4) is 0 Å². The second-order valence-corrected chi connectivity index (χ2v) is 10.3. The standard InChI is InChI=1S/C27H36FN5O4/c1-18-17-37-15-5-4-10-27(26(36)30-19(2)24(34)29-18)11-13-33(14-12-27)25(35)23-16-22(31-32(23)3)20-6-8-21(28)9-7-20/h6-9,16,18-19H,4-5,10-15,17H2,1-3H3,(H,29,34)(H,30,36)/t18-,19-/m0/s1. The molecule has 0 bridgehead atoms. The fourth-order valence-corrected chi connectivity index (χ4v) is 5.07. The number of halogens is 1. The van der Waals surface area contributed by atoms with E-state index in [9.17, 15) is 18.8 Å². The molecular formula is C27H36FN5O4. The molecule has 2 aromatic rings. The van der Waals surface area contributed by atoms with Gasteiger partial charge in [0.15, 0.2) is 0 Å². The van der Waals surface area contributed by atoms with E-state index in [0.29, 0.717) is 57.0 Å². The lowest BCUT2D eigenvalue weighted by Gasteiger charge is -2.41. The Balaban J connectivity index is 1.46. The van der Waals surface area contributed by atoms with Gasteiger partial charge in [-0.15, -0.1) is 0 Å². The van der Waals surface area contributed by atoms with E-state index in [2.05, 4.69) is 15.7 Å². The third-order valence-corrected chi connectivity index (χ3v) is 7.42. The van der Waals surface area contributed by atoms with Crippen molar-refractivity contribution < 1.29 is 23.5 Å². The summed E-state index contributed by atoms with van der Waals surface area (Å²) in [7, 11) is 1.71. The van der Waals surface area contributed by atoms with Gasteiger partial charge in [0.1, 0.15) is 17.6 Å². The van der Waals surface area contributed by atoms with Crippen molar-refractivity contribution >= 4 is 17.7 Å². The number of carbonyl (C=O) groups excluding carboxylic acids is 3. The van der Waals surface area contributed by atoms with Crippen LogP contribution in [-0.4, -0.2) is 70.8 Å². The average Bonchev–Trinajstić information content (AvgIpc) is 3.27. The first-order chi connectivity index (χ1) is 17.7. The summed E-state index contributed by atoms with van der Waals surface area (Å²) in [5.41, 5.74) is 1.12. The van der Waals surface area contributed by atoms with Crippen molar-refractivity contribution in [2.45, 2.75) is 58.0 Å². The van der Waals surface area contributed by atoms with Gasteiger partial charge in [0.25, 0.3) is 5.91 Å². The molecule has 3 heterocycles. The van der Waals surface area contributed by atoms with Crippen LogP contribution in [0.15, 0.2) is 30.3 Å². The number of ether oxygens (including phenoxy) is 1. The molecule has 3 amide bonds. The Hall–Kier alpha value is -3.27. The summed E-state index contributed by atoms with van der Waals surface area (Å²) in [6, 6.07) is 6.91. The molecule has 9 nitrogen and oxygen atoms in total. The molecule has 10 heteroatoms. The number of piperidine rings is 1. The average molecular weight is 514 g/mol. The molecular weight excluding hydrogens is 477 g/mol. The minimum absolute atomic E-state index is 0.130. The van der Waals surface area contributed by atoms with Gasteiger partial charge in [-0.05, 0) is 69.9 Å². The fourth-order valence-electron chi connectivity index (χ4n) is 5.07. The van der Waals surface area contributed by atoms with Crippen molar-refractivity contribution in [3.8, 4) is 11.3 Å². The SMILES string of the molecule is C[C@@H]1NC(=O)C2(CCCCOC[C@H](C)NC1=O)CCN(C(=O)c1cc(-c3ccc(F)cc3)nn1C)CC2. The summed E-state index contributed by atoms with van der Waals surface area (Å²) in [5.74, 6) is -0.853. The Kier molecular flexibility index (Phi) is 8.26. The molecule has 2 N–H and O–H groups in total. The highest BCUT2D eigenvalue weighted by atomic mass is 19.1. The predicted molar refractivity (Wildman–Crippen MR) is 136 cm³/mol. The number of hydrogen-bond acceptors (Lipinski definition) is 5. The summed E-state index contributed by atoms with van der Waals surface area (Å²) in [6.07, 6.45) is 3.36. The Morgan fingerprint density at radius 1 is 1.08 bits per heavy atom. The molecule has 0 aliphatic carbocycles. The lowest BCUT2D eigenvalue weighted by atomic mass is 9.73. The molecule has 1 aromatic heterocycles. The summed E-state index contributed by atoms with van der Waals surface area (Å²) >= 11 is 0. The molecule has 37 heavy (non-hydrogen) atoms. The van der Waals surface area contributed by atoms with Crippen LogP contribution < -0.4 is 10.6 Å². The van der Waals surface area contributed by atoms with Crippen molar-refractivity contribution in [2.24, 2.45) is 12.5 Å². The highest BCUT2D eigenvalue weighted by Gasteiger charge is 2.43. The van der Waals surface area contributed by atoms with Gasteiger partial charge in [-0.25, -0.2) is 4.39 Å². The lowest BCUT2D eigenvalue weighted by Crippen LogP contribution is -2.55. The van der Waals surface area contributed by atoms with Gasteiger partial charge in [-0.1, -0.05) is 6.42 Å². The minimum Gasteiger partial charge on any atom is -0.379 e. The molecule has 0 radical (unpaired) electrons. The predicted octanol–water partition coefficient (Wildman–Crippen LogP) is 2.66. The molecule has 200 valence electrons. The summed E-state index contributed by atoms with van der Waals surface area (Å²) < 4.78 is 20.5. The third kappa shape index (κ3) is 6.18. The first-order valence-corrected chi connectivity index (χ1v) is 13.0. The van der Waals surface area contributed by atoms with Crippen molar-refractivity contribution in [2.75, 3.05) is 26.3 Å². The number of aromatic nitrogens is 2. The molecule has 0 saturated carbocycles. The molecule has 2 aliphatic rings. The molecule has 4 rings (SSSR count). The number of benzene rings is 1. The highest BCUT2D eigenvalue weighted by Crippen LogP contribution is 2.38. The Labute approximate surface area is 216 Å². The number of hydrogen-bond donors (Lipinski definition) is 2. The first kappa shape index (κ1) is 26.8. The number of likely N-dealkylation sites (tertiary alicyclic amines) is 1. The van der Waals surface area contributed by atoms with Crippen molar-refractivity contribution in [1.82, 2.24) is 25.3 Å². The third-order valence-electron chi connectivity index (χ3n) is 7.42. The van der Waals surface area contributed by atoms with E-state index in [0.717, 1.165) is 18.4 Å². The number of nitrogens with one attached hydrogen (secondary N) is 2. The van der Waals surface area contributed by atoms with Crippen LogP contribution in [0.2, 0.25) is 0 Å². The maximum Gasteiger partial charge on any atom is 0.272 e. The number of amides is 3. The molecule has 2 atom stereocenters. The molecule has 2 aliphatic heterocycles. The van der Waals surface area contributed by atoms with Gasteiger partial charge in [0.2, 0.25) is 11.8 Å². The van der Waals surface area contributed by atoms with Crippen LogP contribution in [0, 0.1) is 11.2 Å². The van der Waals surface area contributed by atoms with Gasteiger partial charge in [-0.2, -0.15) is 5.10 Å². The smallest absolute Gasteiger partial charge is 0.272 e. The molecule has 2 fully saturated rings. The van der Waals surface area contributed by atoms with Crippen molar-refractivity contribution in [3.63, 3.8) is 0 Å². The maximum atomic E-state index is 13.4. The van der Waals surface area contributed by atoms with Gasteiger partial charge in [0.05, 0.1) is 17.7 Å². The van der Waals surface area contributed by atoms with Crippen LogP contribution in [0.25, 0.3) is 11.3 Å². The van der Waals surface area contributed by atoms with E-state index in [1.807, 2.05) is 6.92 Å². The largest absolute Gasteiger partial charge is 0.379 e. The zero-order valence-corrected chi connectivity index (χ0v) is 21.8. The molecule has 0 unspecified atom stereocenters. The number of rotatable bonds is 2. The second kappa shape index (κ2) is 11.4. The van der Waals surface area contributed by atoms with Crippen LogP contribution in [-0.2, 0) is 21.4 Å². The fraction of sp³-hybridized carbons (Fsp3) is 0.556. The number of carbonyl (C=O) groups is 3. The van der Waals surface area contributed by atoms with E-state index in [1.165, 1.54) is 12.1 Å². The monoisotopic (exact) mass is 513 g/mol. The zero-order chi connectivity index (χ0) is 26.6. The molecule has 2 saturated heterocycles. The maximum absolute atomic E-state index is 13.4. The number of aryl methyl sites for hydroxylation is 1. The normalized spacial score (nSPS) is 23.4. The summed E-state index contributed by atoms with van der Waals surface area (Å²) in [5, 5.41) is 10.2. The van der Waals surface area contributed by atoms with Gasteiger partial charge >= 0.3 is 0 Å². The quantitative estimate of drug-likeness (QED) is 0.643. The summed E-state index contributed by atoms with van der Waals surface area (Å²) in [6.45, 7) is 5.44. The Morgan fingerprint density at radius 2 is 1.78 bits per heavy atom. The van der Waals surface area contributed by atoms with Crippen LogP contribution >= 0.6 is 0 Å². The van der Waals surface area contributed by atoms with E-state index < -0.39 is 11.5 Å². The minimum atomic E-state index is -0.661. The first-order valence-electron chi connectivity index (χ1n) is 13.0. The second-order valence-electron chi connectivity index (χ2n) is 10.3. The number of nitrogens with zero attached hydrogens (tertiary/aromatic N) is 3. The lowest BCUT2D eigenvalue weighted by molar-refractivity contribution is -0.137. The van der Waals surface area contributed by atoms with Crippen LogP contribution in [0.1, 0.15) is 56.4 Å². The topological polar surface area (TPSA) is 106 Å². The van der Waals surface area contributed by atoms with Gasteiger partial charge in [-0.3, -0.25) is 19.1 Å². The zero-order valence-electron chi connectivity index (χ0n) is 21.8. The molecule has 1 spiro atoms. The van der Waals surface area contributed by atoms with Crippen molar-refractivity contribution in [3.05, 3.63) is 41.8 Å². The van der Waals surface area contributed by atoms with Gasteiger partial charge in [0, 0.05) is 38.3 Å². The highest BCUT2D eigenvalue weighted by molar-refractivity contribution is 5.94. The van der Waals surface area contributed by atoms with E-state index in [1.54, 1.807) is 41.8 Å². The Bertz CT molecular complexity index is 1120. The van der Waals surface area contributed by atoms with E-state index in [4.69, 9.17) is 4.74 Å². The molecule has 1 aromatic carbocycles. The summed E-state index contributed by atoms with van der Waals surface area (Å²) in [4.78, 5) is 41.1. The van der Waals surface area contributed by atoms with Gasteiger partial charge < -0.3 is 20.3 Å². The van der Waals surface area contributed by atoms with E-state index in [-0.39, 0.29) is 29.6 Å². The van der Waals surface area contributed by atoms with Crippen molar-refractivity contribution in [1.29, 1.82) is 0 Å². The van der Waals surface area contributed by atoms with Crippen LogP contribution in [0.4, 0.5) is 4.39 Å². The Morgan fingerprint density at radius 3 is 2.49 bits per heavy atom. The van der Waals surface area contributed by atoms with E-state index >= 15 is 0 Å².